The summed E-state index contributed by atoms with van der Waals surface area (Å²) >= 11 is 0. The molecule has 2 unspecified atom stereocenters. The molecule has 0 saturated heterocycles. The van der Waals surface area contributed by atoms with Crippen LogP contribution in [0.3, 0.4) is 0 Å². The molecule has 60 heavy (non-hydrogen) atoms. The van der Waals surface area contributed by atoms with Crippen molar-refractivity contribution in [1.29, 1.82) is 0 Å². The Kier molecular flexibility index (Phi) is 21.2. The number of ether oxygens (including phenoxy) is 2. The van der Waals surface area contributed by atoms with Crippen LogP contribution in [0.25, 0.3) is 0 Å². The molecule has 12 nitrogen and oxygen atoms in total. The minimum absolute atomic E-state index is 0.0704. The molecule has 6 N–H and O–H groups in total. The van der Waals surface area contributed by atoms with E-state index in [0.29, 0.717) is 31.2 Å². The Morgan fingerprint density at radius 1 is 0.800 bits per heavy atom. The lowest BCUT2D eigenvalue weighted by atomic mass is 9.93. The van der Waals surface area contributed by atoms with Crippen LogP contribution < -0.4 is 25.4 Å². The lowest BCUT2D eigenvalue weighted by Crippen LogP contribution is -2.60. The van der Waals surface area contributed by atoms with Crippen LogP contribution in [0.5, 0.6) is 11.5 Å². The summed E-state index contributed by atoms with van der Waals surface area (Å²) in [7, 11) is 2.19. The van der Waals surface area contributed by atoms with E-state index >= 15 is 0 Å². The van der Waals surface area contributed by atoms with Crippen molar-refractivity contribution in [1.82, 2.24) is 16.0 Å². The van der Waals surface area contributed by atoms with Gasteiger partial charge in [0.15, 0.2) is 11.5 Å². The van der Waals surface area contributed by atoms with Crippen molar-refractivity contribution in [3.05, 3.63) is 96.7 Å². The fraction of sp³-hybridized carbons (Fsp3) is 0.500. The minimum atomic E-state index is -3.84. The number of hydrogen-bond acceptors (Lipinski definition) is 10. The number of nitrogens with one attached hydrogen (secondary N) is 3. The number of aliphatic carboxylic acids is 1. The Bertz CT molecular complexity index is 1760. The Balaban J connectivity index is 1.46. The summed E-state index contributed by atoms with van der Waals surface area (Å²) in [5.74, 6) is -3.41. The second-order valence-corrected chi connectivity index (χ2v) is 17.8. The maximum atomic E-state index is 13.8. The molecular formula is C44H59F2N3O9S2. The topological polar surface area (TPSA) is 184 Å². The predicted molar refractivity (Wildman–Crippen MR) is 233 cm³/mol. The maximum Gasteiger partial charge on any atom is 0.586 e. The number of amides is 3. The lowest BCUT2D eigenvalue weighted by molar-refractivity contribution is -0.286. The molecule has 3 amide bonds. The third kappa shape index (κ3) is 16.9. The first-order valence-electron chi connectivity index (χ1n) is 20.1. The summed E-state index contributed by atoms with van der Waals surface area (Å²) in [4.78, 5) is 52.1. The van der Waals surface area contributed by atoms with Gasteiger partial charge in [-0.25, -0.2) is 4.79 Å². The van der Waals surface area contributed by atoms with Gasteiger partial charge in [0.2, 0.25) is 17.7 Å². The Hall–Kier alpha value is -4.38. The number of aliphatic hydroxyl groups is 2. The molecule has 2 aliphatic rings. The standard InChI is InChI=1S/C44H59F2N3O9S2/c1-4-5-6-7-8-9-10-11-12-13-14-15-16-17-18-19-20-21-22-23-37(52)48-34(40(54)55)31-59-60-42(2,3)38(39(53)47-33(29-50)30-51)49-41(56)43(26-27-43)32-24-25-35-36(28-32)58-44(45,46)57-35/h5-6,8-9,11-12,14-15,17-18,20-21,24-25,28,33-34,38,50-51H,4,7,10,13,16,19,22-23,26-27,29-31H2,1-3H3,(H,47,53)(H,48,52)(H,49,56)(H,54,55)/b6-5-,9-8-,12-11-,15-14-,18-17-,21-20-. The summed E-state index contributed by atoms with van der Waals surface area (Å²) in [6.07, 6.45) is 27.9. The summed E-state index contributed by atoms with van der Waals surface area (Å²) in [6.45, 7) is 4.29. The Morgan fingerprint density at radius 2 is 1.33 bits per heavy atom. The van der Waals surface area contributed by atoms with E-state index in [9.17, 15) is 43.3 Å². The number of carboxylic acids is 1. The van der Waals surface area contributed by atoms with Crippen LogP contribution in [0.1, 0.15) is 90.5 Å². The van der Waals surface area contributed by atoms with Gasteiger partial charge in [-0.15, -0.1) is 8.78 Å². The molecule has 1 aromatic rings. The number of allylic oxidation sites excluding steroid dienone is 12. The third-order valence-electron chi connectivity index (χ3n) is 9.43. The number of aliphatic hydroxyl groups excluding tert-OH is 2. The van der Waals surface area contributed by atoms with Gasteiger partial charge in [-0.2, -0.15) is 0 Å². The third-order valence-corrected chi connectivity index (χ3v) is 12.7. The molecule has 0 bridgehead atoms. The first-order chi connectivity index (χ1) is 28.7. The molecule has 16 heteroatoms. The number of rotatable bonds is 28. The van der Waals surface area contributed by atoms with E-state index < -0.39 is 71.5 Å². The molecule has 330 valence electrons. The number of halogens is 2. The van der Waals surface area contributed by atoms with E-state index in [0.717, 1.165) is 53.7 Å². The highest BCUT2D eigenvalue weighted by Gasteiger charge is 2.54. The molecule has 0 aromatic heterocycles. The van der Waals surface area contributed by atoms with E-state index in [1.54, 1.807) is 13.8 Å². The van der Waals surface area contributed by atoms with Gasteiger partial charge < -0.3 is 40.7 Å². The van der Waals surface area contributed by atoms with Crippen LogP contribution >= 0.6 is 21.6 Å². The van der Waals surface area contributed by atoms with Crippen molar-refractivity contribution in [2.75, 3.05) is 19.0 Å². The highest BCUT2D eigenvalue weighted by atomic mass is 33.1. The zero-order valence-electron chi connectivity index (χ0n) is 34.4. The Labute approximate surface area is 359 Å². The number of fused-ring (bicyclic) bond motifs is 1. The maximum absolute atomic E-state index is 13.8. The number of alkyl halides is 2. The van der Waals surface area contributed by atoms with Gasteiger partial charge in [-0.1, -0.05) is 107 Å². The van der Waals surface area contributed by atoms with E-state index in [1.165, 1.54) is 18.2 Å². The van der Waals surface area contributed by atoms with Crippen molar-refractivity contribution in [3.63, 3.8) is 0 Å². The summed E-state index contributed by atoms with van der Waals surface area (Å²) in [5.41, 5.74) is -0.747. The first kappa shape index (κ1) is 50.0. The monoisotopic (exact) mass is 875 g/mol. The zero-order valence-corrected chi connectivity index (χ0v) is 36.1. The van der Waals surface area contributed by atoms with Crippen LogP contribution in [-0.4, -0.2) is 87.1 Å². The Morgan fingerprint density at radius 3 is 1.85 bits per heavy atom. The average molecular weight is 876 g/mol. The largest absolute Gasteiger partial charge is 0.586 e. The molecule has 0 spiro atoms. The van der Waals surface area contributed by atoms with Crippen LogP contribution in [0.4, 0.5) is 8.78 Å². The summed E-state index contributed by atoms with van der Waals surface area (Å²) in [5, 5.41) is 36.9. The van der Waals surface area contributed by atoms with Crippen LogP contribution in [0, 0.1) is 0 Å². The molecule has 1 heterocycles. The number of carboxylic acid groups (broad SMARTS) is 1. The van der Waals surface area contributed by atoms with Crippen molar-refractivity contribution < 1.29 is 52.8 Å². The molecule has 1 saturated carbocycles. The van der Waals surface area contributed by atoms with E-state index in [2.05, 4.69) is 87.0 Å². The second kappa shape index (κ2) is 25.4. The molecular weight excluding hydrogens is 817 g/mol. The molecule has 1 aromatic carbocycles. The lowest BCUT2D eigenvalue weighted by Gasteiger charge is -2.35. The molecule has 3 rings (SSSR count). The first-order valence-corrected chi connectivity index (χ1v) is 22.5. The quantitative estimate of drug-likeness (QED) is 0.0370. The number of carbonyl (C=O) groups is 4. The van der Waals surface area contributed by atoms with Gasteiger partial charge in [0.25, 0.3) is 0 Å². The molecule has 1 aliphatic heterocycles. The van der Waals surface area contributed by atoms with Crippen molar-refractivity contribution in [3.8, 4) is 11.5 Å². The average Bonchev–Trinajstić information content (AvgIpc) is 3.95. The van der Waals surface area contributed by atoms with E-state index in [4.69, 9.17) is 0 Å². The van der Waals surface area contributed by atoms with Crippen LogP contribution in [0.15, 0.2) is 91.1 Å². The van der Waals surface area contributed by atoms with Gasteiger partial charge in [0.1, 0.15) is 12.1 Å². The zero-order chi connectivity index (χ0) is 44.0. The van der Waals surface area contributed by atoms with Gasteiger partial charge in [0, 0.05) is 16.9 Å². The predicted octanol–water partition coefficient (Wildman–Crippen LogP) is 7.20. The molecule has 2 atom stereocenters. The van der Waals surface area contributed by atoms with Crippen molar-refractivity contribution >= 4 is 45.3 Å². The van der Waals surface area contributed by atoms with Crippen LogP contribution in [0.2, 0.25) is 0 Å². The fourth-order valence-electron chi connectivity index (χ4n) is 5.87. The van der Waals surface area contributed by atoms with E-state index in [-0.39, 0.29) is 23.7 Å². The highest BCUT2D eigenvalue weighted by molar-refractivity contribution is 8.77. The normalized spacial score (nSPS) is 16.8. The smallest absolute Gasteiger partial charge is 0.480 e. The molecule has 0 radical (unpaired) electrons. The SMILES string of the molecule is CC/C=C\C/C=C\C/C=C\C/C=C\C/C=C\C/C=C\CCC(=O)NC(CSSC(C)(C)C(NC(=O)C1(c2ccc3c(c2)OC(F)(F)O3)CC1)C(=O)NC(CO)CO)C(=O)O. The molecule has 1 fully saturated rings. The van der Waals surface area contributed by atoms with Crippen molar-refractivity contribution in [2.45, 2.75) is 120 Å². The van der Waals surface area contributed by atoms with E-state index in [1.807, 2.05) is 18.2 Å². The number of benzene rings is 1. The summed E-state index contributed by atoms with van der Waals surface area (Å²) < 4.78 is 35.3. The summed E-state index contributed by atoms with van der Waals surface area (Å²) in [6, 6.07) is 0.562. The van der Waals surface area contributed by atoms with Gasteiger partial charge in [-0.3, -0.25) is 14.4 Å². The highest BCUT2D eigenvalue weighted by Crippen LogP contribution is 2.52. The number of carbonyl (C=O) groups excluding carboxylic acids is 3. The number of hydrogen-bond donors (Lipinski definition) is 6. The van der Waals surface area contributed by atoms with Gasteiger partial charge in [0.05, 0.1) is 24.7 Å². The minimum Gasteiger partial charge on any atom is -0.480 e. The van der Waals surface area contributed by atoms with Crippen molar-refractivity contribution in [2.24, 2.45) is 0 Å². The van der Waals surface area contributed by atoms with Gasteiger partial charge >= 0.3 is 12.3 Å². The van der Waals surface area contributed by atoms with Gasteiger partial charge in [-0.05, 0) is 89.3 Å². The molecule has 1 aliphatic carbocycles. The van der Waals surface area contributed by atoms with Crippen LogP contribution in [-0.2, 0) is 24.6 Å². The second-order valence-electron chi connectivity index (χ2n) is 14.8. The fourth-order valence-corrected chi connectivity index (χ4v) is 8.68.